The van der Waals surface area contributed by atoms with E-state index in [1.807, 2.05) is 0 Å². The van der Waals surface area contributed by atoms with Crippen LogP contribution < -0.4 is 5.73 Å². The highest BCUT2D eigenvalue weighted by molar-refractivity contribution is 14.1. The maximum absolute atomic E-state index is 12.5. The molecule has 0 saturated heterocycles. The fourth-order valence-electron chi connectivity index (χ4n) is 0.541. The van der Waals surface area contributed by atoms with E-state index < -0.39 is 11.6 Å². The van der Waals surface area contributed by atoms with Crippen LogP contribution in [0.25, 0.3) is 0 Å². The van der Waals surface area contributed by atoms with Gasteiger partial charge in [-0.1, -0.05) is 0 Å². The Balaban J connectivity index is 3.34. The number of anilines is 1. The number of nitrogens with two attached hydrogens (primary N) is 1. The van der Waals surface area contributed by atoms with Crippen molar-refractivity contribution in [3.05, 3.63) is 27.3 Å². The Morgan fingerprint density at radius 3 is 2.40 bits per heavy atom. The molecule has 0 saturated carbocycles. The van der Waals surface area contributed by atoms with Gasteiger partial charge in [-0.2, -0.15) is 0 Å². The van der Waals surface area contributed by atoms with E-state index in [0.717, 1.165) is 6.07 Å². The Kier molecular flexibility index (Phi) is 2.08. The molecule has 1 aromatic rings. The van der Waals surface area contributed by atoms with Crippen LogP contribution in [0.1, 0.15) is 0 Å². The highest BCUT2D eigenvalue weighted by Gasteiger charge is 2.07. The first kappa shape index (κ1) is 7.71. The molecule has 0 radical (unpaired) electrons. The number of rotatable bonds is 0. The molecule has 1 rings (SSSR count). The average molecular weight is 255 g/mol. The average Bonchev–Trinajstić information content (AvgIpc) is 1.93. The van der Waals surface area contributed by atoms with Crippen LogP contribution in [0.4, 0.5) is 14.5 Å². The van der Waals surface area contributed by atoms with Crippen molar-refractivity contribution < 1.29 is 8.78 Å². The molecule has 0 aliphatic heterocycles. The van der Waals surface area contributed by atoms with Crippen molar-refractivity contribution in [1.29, 1.82) is 0 Å². The van der Waals surface area contributed by atoms with E-state index in [1.54, 1.807) is 22.6 Å². The van der Waals surface area contributed by atoms with Gasteiger partial charge in [-0.15, -0.1) is 0 Å². The summed E-state index contributed by atoms with van der Waals surface area (Å²) in [5, 5.41) is 0. The molecule has 0 aromatic heterocycles. The Morgan fingerprint density at radius 1 is 1.30 bits per heavy atom. The maximum Gasteiger partial charge on any atom is 0.174 e. The molecular weight excluding hydrogens is 251 g/mol. The third kappa shape index (κ3) is 1.21. The Bertz CT molecular complexity index is 235. The minimum atomic E-state index is -0.874. The molecule has 54 valence electrons. The SMILES string of the molecule is Nc1ccc(F)c(F)c1I. The van der Waals surface area contributed by atoms with Gasteiger partial charge in [0.2, 0.25) is 0 Å². The molecule has 0 aliphatic carbocycles. The number of halogens is 3. The lowest BCUT2D eigenvalue weighted by molar-refractivity contribution is 0.504. The topological polar surface area (TPSA) is 26.0 Å². The van der Waals surface area contributed by atoms with Gasteiger partial charge < -0.3 is 5.73 Å². The summed E-state index contributed by atoms with van der Waals surface area (Å²) in [6.45, 7) is 0. The molecule has 1 nitrogen and oxygen atoms in total. The lowest BCUT2D eigenvalue weighted by atomic mass is 10.3. The lowest BCUT2D eigenvalue weighted by Gasteiger charge is -1.98. The van der Waals surface area contributed by atoms with Crippen LogP contribution in [0, 0.1) is 15.2 Å². The first-order valence-electron chi connectivity index (χ1n) is 2.52. The van der Waals surface area contributed by atoms with Crippen LogP contribution >= 0.6 is 22.6 Å². The fraction of sp³-hybridized carbons (Fsp3) is 0. The summed E-state index contributed by atoms with van der Waals surface area (Å²) in [5.74, 6) is -1.74. The van der Waals surface area contributed by atoms with Crippen molar-refractivity contribution >= 4 is 28.3 Å². The zero-order valence-electron chi connectivity index (χ0n) is 4.87. The molecule has 0 atom stereocenters. The molecule has 0 bridgehead atoms. The Morgan fingerprint density at radius 2 is 1.90 bits per heavy atom. The molecule has 4 heteroatoms. The van der Waals surface area contributed by atoms with E-state index in [2.05, 4.69) is 0 Å². The molecule has 2 N–H and O–H groups in total. The third-order valence-electron chi connectivity index (χ3n) is 1.07. The molecule has 10 heavy (non-hydrogen) atoms. The molecule has 0 heterocycles. The predicted octanol–water partition coefficient (Wildman–Crippen LogP) is 2.15. The summed E-state index contributed by atoms with van der Waals surface area (Å²) in [5.41, 5.74) is 5.54. The normalized spacial score (nSPS) is 9.90. The van der Waals surface area contributed by atoms with Gasteiger partial charge >= 0.3 is 0 Å². The van der Waals surface area contributed by atoms with E-state index in [4.69, 9.17) is 5.73 Å². The van der Waals surface area contributed by atoms with E-state index in [0.29, 0.717) is 0 Å². The van der Waals surface area contributed by atoms with Gasteiger partial charge in [0.1, 0.15) is 0 Å². The first-order valence-corrected chi connectivity index (χ1v) is 3.60. The van der Waals surface area contributed by atoms with Crippen molar-refractivity contribution in [3.8, 4) is 0 Å². The van der Waals surface area contributed by atoms with Crippen LogP contribution in [0.15, 0.2) is 12.1 Å². The third-order valence-corrected chi connectivity index (χ3v) is 2.16. The summed E-state index contributed by atoms with van der Waals surface area (Å²) in [7, 11) is 0. The molecule has 0 unspecified atom stereocenters. The van der Waals surface area contributed by atoms with E-state index in [1.165, 1.54) is 6.07 Å². The van der Waals surface area contributed by atoms with Gasteiger partial charge in [-0.25, -0.2) is 8.78 Å². The molecule has 0 spiro atoms. The van der Waals surface area contributed by atoms with Gasteiger partial charge in [0.05, 0.1) is 3.57 Å². The van der Waals surface area contributed by atoms with E-state index in [-0.39, 0.29) is 9.26 Å². The molecule has 0 amide bonds. The van der Waals surface area contributed by atoms with Crippen molar-refractivity contribution in [1.82, 2.24) is 0 Å². The van der Waals surface area contributed by atoms with Gasteiger partial charge in [0.15, 0.2) is 11.6 Å². The van der Waals surface area contributed by atoms with E-state index >= 15 is 0 Å². The molecule has 0 fully saturated rings. The second kappa shape index (κ2) is 2.69. The smallest absolute Gasteiger partial charge is 0.174 e. The number of hydrogen-bond acceptors (Lipinski definition) is 1. The number of nitrogen functional groups attached to an aromatic ring is 1. The van der Waals surface area contributed by atoms with Crippen molar-refractivity contribution in [2.24, 2.45) is 0 Å². The fourth-order valence-corrected chi connectivity index (χ4v) is 0.978. The zero-order valence-corrected chi connectivity index (χ0v) is 7.02. The van der Waals surface area contributed by atoms with Crippen LogP contribution in [0.2, 0.25) is 0 Å². The largest absolute Gasteiger partial charge is 0.398 e. The summed E-state index contributed by atoms with van der Waals surface area (Å²) in [4.78, 5) is 0. The molecule has 1 aromatic carbocycles. The second-order valence-electron chi connectivity index (χ2n) is 1.76. The Hall–Kier alpha value is -0.390. The van der Waals surface area contributed by atoms with Crippen LogP contribution in [0.5, 0.6) is 0 Å². The second-order valence-corrected chi connectivity index (χ2v) is 2.84. The summed E-state index contributed by atoms with van der Waals surface area (Å²) >= 11 is 1.65. The minimum Gasteiger partial charge on any atom is -0.398 e. The molecule has 0 aliphatic rings. The minimum absolute atomic E-state index is 0.137. The van der Waals surface area contributed by atoms with E-state index in [9.17, 15) is 8.78 Å². The standard InChI is InChI=1S/C6H4F2IN/c7-3-1-2-4(10)6(9)5(3)8/h1-2H,10H2. The van der Waals surface area contributed by atoms with Crippen molar-refractivity contribution in [2.45, 2.75) is 0 Å². The highest BCUT2D eigenvalue weighted by atomic mass is 127. The van der Waals surface area contributed by atoms with Gasteiger partial charge in [-0.3, -0.25) is 0 Å². The summed E-state index contributed by atoms with van der Waals surface area (Å²) in [6, 6.07) is 2.34. The van der Waals surface area contributed by atoms with Gasteiger partial charge in [0.25, 0.3) is 0 Å². The number of hydrogen-bond donors (Lipinski definition) is 1. The summed E-state index contributed by atoms with van der Waals surface area (Å²) < 4.78 is 25.0. The van der Waals surface area contributed by atoms with Crippen molar-refractivity contribution in [3.63, 3.8) is 0 Å². The zero-order chi connectivity index (χ0) is 7.72. The lowest BCUT2D eigenvalue weighted by Crippen LogP contribution is -1.95. The maximum atomic E-state index is 12.5. The molecular formula is C6H4F2IN. The highest BCUT2D eigenvalue weighted by Crippen LogP contribution is 2.19. The van der Waals surface area contributed by atoms with Crippen LogP contribution in [0.3, 0.4) is 0 Å². The quantitative estimate of drug-likeness (QED) is 0.429. The van der Waals surface area contributed by atoms with Gasteiger partial charge in [-0.05, 0) is 34.7 Å². The van der Waals surface area contributed by atoms with Crippen LogP contribution in [-0.4, -0.2) is 0 Å². The monoisotopic (exact) mass is 255 g/mol. The van der Waals surface area contributed by atoms with Crippen molar-refractivity contribution in [2.75, 3.05) is 5.73 Å². The predicted molar refractivity (Wildman–Crippen MR) is 43.5 cm³/mol. The Labute approximate surface area is 70.4 Å². The van der Waals surface area contributed by atoms with Crippen LogP contribution in [-0.2, 0) is 0 Å². The number of benzene rings is 1. The summed E-state index contributed by atoms with van der Waals surface area (Å²) in [6.07, 6.45) is 0. The first-order chi connectivity index (χ1) is 4.63. The van der Waals surface area contributed by atoms with Gasteiger partial charge in [0, 0.05) is 5.69 Å².